The first-order valence-electron chi connectivity index (χ1n) is 10.0. The summed E-state index contributed by atoms with van der Waals surface area (Å²) in [5.41, 5.74) is 6.39. The molecule has 28 heavy (non-hydrogen) atoms. The number of amides is 1. The van der Waals surface area contributed by atoms with Crippen molar-refractivity contribution < 1.29 is 9.53 Å². The quantitative estimate of drug-likeness (QED) is 0.788. The van der Waals surface area contributed by atoms with Gasteiger partial charge in [-0.15, -0.1) is 24.8 Å². The molecule has 1 aromatic heterocycles. The Kier molecular flexibility index (Phi) is 8.14. The number of carbonyl (C=O) groups is 1. The Morgan fingerprint density at radius 3 is 2.50 bits per heavy atom. The van der Waals surface area contributed by atoms with Crippen LogP contribution < -0.4 is 5.73 Å². The number of carbonyl (C=O) groups excluding carboxylic acids is 1. The van der Waals surface area contributed by atoms with Gasteiger partial charge in [0.15, 0.2) is 0 Å². The van der Waals surface area contributed by atoms with Crippen LogP contribution in [0.4, 0.5) is 0 Å². The Morgan fingerprint density at radius 1 is 1.21 bits per heavy atom. The second-order valence-corrected chi connectivity index (χ2v) is 8.36. The first-order chi connectivity index (χ1) is 12.5. The average Bonchev–Trinajstić information content (AvgIpc) is 2.91. The highest BCUT2D eigenvalue weighted by atomic mass is 35.5. The zero-order valence-corrected chi connectivity index (χ0v) is 18.4. The van der Waals surface area contributed by atoms with E-state index in [-0.39, 0.29) is 36.8 Å². The van der Waals surface area contributed by atoms with Crippen LogP contribution in [0, 0.1) is 31.6 Å². The molecule has 1 aliphatic heterocycles. The van der Waals surface area contributed by atoms with Crippen molar-refractivity contribution in [2.45, 2.75) is 64.6 Å². The van der Waals surface area contributed by atoms with E-state index < -0.39 is 0 Å². The molecule has 3 aliphatic rings. The van der Waals surface area contributed by atoms with E-state index in [1.54, 1.807) is 0 Å². The monoisotopic (exact) mass is 433 g/mol. The highest BCUT2D eigenvalue weighted by Gasteiger charge is 2.42. The lowest BCUT2D eigenvalue weighted by Gasteiger charge is -2.45. The summed E-state index contributed by atoms with van der Waals surface area (Å²) in [6.07, 6.45) is 5.59. The van der Waals surface area contributed by atoms with Gasteiger partial charge >= 0.3 is 0 Å². The molecule has 0 spiro atoms. The Bertz CT molecular complexity index is 657. The maximum atomic E-state index is 13.2. The van der Waals surface area contributed by atoms with Crippen molar-refractivity contribution in [2.24, 2.45) is 23.5 Å². The fraction of sp³-hybridized carbons (Fsp3) is 0.842. The molecule has 9 heteroatoms. The summed E-state index contributed by atoms with van der Waals surface area (Å²) in [7, 11) is 0. The summed E-state index contributed by atoms with van der Waals surface area (Å²) >= 11 is 0. The van der Waals surface area contributed by atoms with Crippen LogP contribution in [0.3, 0.4) is 0 Å². The van der Waals surface area contributed by atoms with Crippen LogP contribution in [0.15, 0.2) is 0 Å². The first-order valence-corrected chi connectivity index (χ1v) is 10.0. The van der Waals surface area contributed by atoms with E-state index in [9.17, 15) is 4.79 Å². The summed E-state index contributed by atoms with van der Waals surface area (Å²) in [6, 6.07) is 0.309. The van der Waals surface area contributed by atoms with Gasteiger partial charge in [0.25, 0.3) is 0 Å². The van der Waals surface area contributed by atoms with Gasteiger partial charge in [-0.2, -0.15) is 5.10 Å². The van der Waals surface area contributed by atoms with Gasteiger partial charge in [-0.05, 0) is 51.4 Å². The molecular weight excluding hydrogens is 401 g/mol. The Hall–Kier alpha value is -0.890. The second-order valence-electron chi connectivity index (χ2n) is 8.36. The van der Waals surface area contributed by atoms with Gasteiger partial charge in [-0.3, -0.25) is 4.79 Å². The largest absolute Gasteiger partial charge is 0.373 e. The number of aryl methyl sites for hydroxylation is 2. The molecule has 160 valence electrons. The maximum Gasteiger partial charge on any atom is 0.225 e. The molecule has 3 atom stereocenters. The molecule has 1 amide bonds. The molecule has 2 aliphatic carbocycles. The standard InChI is InChI=1S/C19H31N5O2.2ClH/c1-12-21-13(2)24(22-12)11-17-10-23(6-7-26-17)19(25)16-8-14-4-3-5-15(9-16)18(14)20;;/h14-18H,3-11,20H2,1-2H3;2*1H. The van der Waals surface area contributed by atoms with E-state index in [1.807, 2.05) is 23.4 Å². The average molecular weight is 434 g/mol. The number of nitrogens with two attached hydrogens (primary N) is 1. The molecule has 1 aromatic rings. The maximum absolute atomic E-state index is 13.2. The second kappa shape index (κ2) is 9.74. The topological polar surface area (TPSA) is 86.3 Å². The van der Waals surface area contributed by atoms with Gasteiger partial charge in [0.2, 0.25) is 5.91 Å². The van der Waals surface area contributed by atoms with Gasteiger partial charge < -0.3 is 15.4 Å². The van der Waals surface area contributed by atoms with E-state index in [2.05, 4.69) is 10.1 Å². The SMILES string of the molecule is Cc1nc(C)n(CC2CN(C(=O)C3CC4CCCC(C3)C4N)CCO2)n1.Cl.Cl. The fourth-order valence-electron chi connectivity index (χ4n) is 5.21. The van der Waals surface area contributed by atoms with Gasteiger partial charge in [0, 0.05) is 25.0 Å². The molecule has 2 bridgehead atoms. The molecule has 2 saturated carbocycles. The van der Waals surface area contributed by atoms with E-state index in [0.29, 0.717) is 50.0 Å². The lowest BCUT2D eigenvalue weighted by molar-refractivity contribution is -0.146. The summed E-state index contributed by atoms with van der Waals surface area (Å²) in [6.45, 7) is 6.44. The van der Waals surface area contributed by atoms with Crippen molar-refractivity contribution in [3.8, 4) is 0 Å². The normalized spacial score (nSPS) is 32.2. The third-order valence-corrected chi connectivity index (χ3v) is 6.55. The van der Waals surface area contributed by atoms with Crippen molar-refractivity contribution in [1.82, 2.24) is 19.7 Å². The molecule has 0 radical (unpaired) electrons. The number of nitrogens with zero attached hydrogens (tertiary/aromatic N) is 4. The Morgan fingerprint density at radius 2 is 1.89 bits per heavy atom. The van der Waals surface area contributed by atoms with Crippen LogP contribution in [0.25, 0.3) is 0 Å². The minimum absolute atomic E-state index is 0. The van der Waals surface area contributed by atoms with Crippen LogP contribution in [0.2, 0.25) is 0 Å². The first kappa shape index (κ1) is 23.4. The molecule has 3 unspecified atom stereocenters. The number of hydrogen-bond donors (Lipinski definition) is 1. The lowest BCUT2D eigenvalue weighted by Crippen LogP contribution is -2.53. The number of ether oxygens (including phenoxy) is 1. The van der Waals surface area contributed by atoms with Crippen molar-refractivity contribution in [3.05, 3.63) is 11.6 Å². The number of rotatable bonds is 3. The number of aromatic nitrogens is 3. The van der Waals surface area contributed by atoms with Gasteiger partial charge in [0.05, 0.1) is 19.3 Å². The van der Waals surface area contributed by atoms with Crippen molar-refractivity contribution in [3.63, 3.8) is 0 Å². The fourth-order valence-corrected chi connectivity index (χ4v) is 5.21. The molecule has 1 saturated heterocycles. The molecule has 0 aromatic carbocycles. The molecular formula is C19H33Cl2N5O2. The zero-order valence-electron chi connectivity index (χ0n) is 16.7. The van der Waals surface area contributed by atoms with Crippen molar-refractivity contribution >= 4 is 30.7 Å². The number of hydrogen-bond acceptors (Lipinski definition) is 5. The van der Waals surface area contributed by atoms with Crippen LogP contribution in [-0.2, 0) is 16.1 Å². The number of morpholine rings is 1. The predicted octanol–water partition coefficient (Wildman–Crippen LogP) is 2.12. The van der Waals surface area contributed by atoms with E-state index in [4.69, 9.17) is 10.5 Å². The highest BCUT2D eigenvalue weighted by Crippen LogP contribution is 2.42. The van der Waals surface area contributed by atoms with E-state index >= 15 is 0 Å². The Balaban J connectivity index is 0.00000140. The Labute approximate surface area is 179 Å². The summed E-state index contributed by atoms with van der Waals surface area (Å²) in [5, 5.41) is 4.42. The van der Waals surface area contributed by atoms with E-state index in [1.165, 1.54) is 19.3 Å². The van der Waals surface area contributed by atoms with Gasteiger partial charge in [-0.1, -0.05) is 6.42 Å². The third-order valence-electron chi connectivity index (χ3n) is 6.55. The minimum atomic E-state index is -0.0159. The van der Waals surface area contributed by atoms with Crippen LogP contribution in [-0.4, -0.2) is 57.4 Å². The molecule has 3 fully saturated rings. The molecule has 2 heterocycles. The van der Waals surface area contributed by atoms with Crippen molar-refractivity contribution in [2.75, 3.05) is 19.7 Å². The number of fused-ring (bicyclic) bond motifs is 2. The summed E-state index contributed by atoms with van der Waals surface area (Å²) in [5.74, 6) is 3.20. The minimum Gasteiger partial charge on any atom is -0.373 e. The summed E-state index contributed by atoms with van der Waals surface area (Å²) < 4.78 is 7.79. The van der Waals surface area contributed by atoms with Crippen LogP contribution >= 0.6 is 24.8 Å². The van der Waals surface area contributed by atoms with Crippen molar-refractivity contribution in [1.29, 1.82) is 0 Å². The molecule has 7 nitrogen and oxygen atoms in total. The third kappa shape index (κ3) is 4.81. The van der Waals surface area contributed by atoms with Crippen LogP contribution in [0.5, 0.6) is 0 Å². The predicted molar refractivity (Wildman–Crippen MR) is 112 cm³/mol. The molecule has 2 N–H and O–H groups in total. The highest BCUT2D eigenvalue weighted by molar-refractivity contribution is 5.85. The lowest BCUT2D eigenvalue weighted by atomic mass is 9.65. The van der Waals surface area contributed by atoms with Crippen LogP contribution in [0.1, 0.15) is 43.8 Å². The van der Waals surface area contributed by atoms with E-state index in [0.717, 1.165) is 24.5 Å². The smallest absolute Gasteiger partial charge is 0.225 e. The summed E-state index contributed by atoms with van der Waals surface area (Å²) in [4.78, 5) is 19.5. The number of halogens is 2. The van der Waals surface area contributed by atoms with Gasteiger partial charge in [-0.25, -0.2) is 9.67 Å². The van der Waals surface area contributed by atoms with Gasteiger partial charge in [0.1, 0.15) is 11.6 Å². The molecule has 4 rings (SSSR count). The zero-order chi connectivity index (χ0) is 18.3.